The van der Waals surface area contributed by atoms with Gasteiger partial charge in [-0.2, -0.15) is 0 Å². The fourth-order valence-corrected chi connectivity index (χ4v) is 2.52. The molecule has 1 heterocycles. The summed E-state index contributed by atoms with van der Waals surface area (Å²) >= 11 is 3.23. The van der Waals surface area contributed by atoms with Crippen LogP contribution in [-0.4, -0.2) is 23.6 Å². The molecule has 4 nitrogen and oxygen atoms in total. The Morgan fingerprint density at radius 2 is 2.19 bits per heavy atom. The third-order valence-electron chi connectivity index (χ3n) is 3.13. The molecule has 0 fully saturated rings. The lowest BCUT2D eigenvalue weighted by Crippen LogP contribution is -2.24. The van der Waals surface area contributed by atoms with E-state index in [1.807, 2.05) is 13.0 Å². The number of methoxy groups -OCH3 is 1. The van der Waals surface area contributed by atoms with Crippen LogP contribution in [0.2, 0.25) is 0 Å². The summed E-state index contributed by atoms with van der Waals surface area (Å²) in [5, 5.41) is 3.29. The van der Waals surface area contributed by atoms with Gasteiger partial charge in [-0.15, -0.1) is 0 Å². The summed E-state index contributed by atoms with van der Waals surface area (Å²) < 4.78 is 19.8. The van der Waals surface area contributed by atoms with E-state index in [4.69, 9.17) is 4.74 Å². The van der Waals surface area contributed by atoms with Crippen molar-refractivity contribution in [2.24, 2.45) is 0 Å². The number of benzene rings is 1. The van der Waals surface area contributed by atoms with Gasteiger partial charge in [-0.3, -0.25) is 0 Å². The van der Waals surface area contributed by atoms with Gasteiger partial charge in [0.15, 0.2) is 0 Å². The van der Waals surface area contributed by atoms with Crippen molar-refractivity contribution in [2.45, 2.75) is 19.4 Å². The molecule has 0 radical (unpaired) electrons. The Balaban J connectivity index is 2.28. The van der Waals surface area contributed by atoms with Gasteiger partial charge in [0, 0.05) is 29.8 Å². The topological polar surface area (TPSA) is 47.0 Å². The van der Waals surface area contributed by atoms with E-state index in [1.54, 1.807) is 25.3 Å². The van der Waals surface area contributed by atoms with E-state index in [0.717, 1.165) is 12.2 Å². The molecule has 112 valence electrons. The molecular formula is C15H17BrFN3O. The molecule has 1 unspecified atom stereocenters. The summed E-state index contributed by atoms with van der Waals surface area (Å²) in [6, 6.07) is 6.90. The molecule has 0 aliphatic heterocycles. The molecule has 0 spiro atoms. The summed E-state index contributed by atoms with van der Waals surface area (Å²) in [5.41, 5.74) is 1.41. The van der Waals surface area contributed by atoms with Crippen molar-refractivity contribution in [3.8, 4) is 5.88 Å². The molecule has 0 aliphatic rings. The largest absolute Gasteiger partial charge is 0.481 e. The van der Waals surface area contributed by atoms with Crippen molar-refractivity contribution in [1.29, 1.82) is 0 Å². The van der Waals surface area contributed by atoms with Gasteiger partial charge in [-0.1, -0.05) is 19.1 Å². The number of rotatable bonds is 6. The third-order valence-corrected chi connectivity index (χ3v) is 3.74. The Hall–Kier alpha value is -1.53. The Bertz CT molecular complexity index is 609. The van der Waals surface area contributed by atoms with E-state index >= 15 is 0 Å². The van der Waals surface area contributed by atoms with Crippen LogP contribution in [0.1, 0.15) is 24.2 Å². The summed E-state index contributed by atoms with van der Waals surface area (Å²) in [7, 11) is 1.56. The zero-order chi connectivity index (χ0) is 15.2. The standard InChI is InChI=1S/C15H17BrFN3O/c1-3-18-13(11-5-4-6-12(16)15(11)17)7-10-8-14(21-2)20-9-19-10/h4-6,8-9,13,18H,3,7H2,1-2H3. The highest BCUT2D eigenvalue weighted by Crippen LogP contribution is 2.26. The first-order valence-electron chi connectivity index (χ1n) is 6.68. The zero-order valence-corrected chi connectivity index (χ0v) is 13.5. The van der Waals surface area contributed by atoms with Gasteiger partial charge < -0.3 is 10.1 Å². The lowest BCUT2D eigenvalue weighted by Gasteiger charge is -2.19. The molecule has 0 saturated heterocycles. The van der Waals surface area contributed by atoms with Crippen molar-refractivity contribution in [3.63, 3.8) is 0 Å². The Labute approximate surface area is 131 Å². The van der Waals surface area contributed by atoms with Crippen LogP contribution in [0.5, 0.6) is 5.88 Å². The van der Waals surface area contributed by atoms with E-state index in [-0.39, 0.29) is 11.9 Å². The fourth-order valence-electron chi connectivity index (χ4n) is 2.14. The van der Waals surface area contributed by atoms with Crippen LogP contribution in [0, 0.1) is 5.82 Å². The molecule has 1 atom stereocenters. The van der Waals surface area contributed by atoms with Gasteiger partial charge in [-0.05, 0) is 28.5 Å². The van der Waals surface area contributed by atoms with E-state index in [1.165, 1.54) is 6.33 Å². The first-order valence-corrected chi connectivity index (χ1v) is 7.47. The van der Waals surface area contributed by atoms with Crippen LogP contribution in [0.15, 0.2) is 35.1 Å². The van der Waals surface area contributed by atoms with Crippen LogP contribution in [0.3, 0.4) is 0 Å². The van der Waals surface area contributed by atoms with Crippen LogP contribution < -0.4 is 10.1 Å². The molecule has 2 rings (SSSR count). The van der Waals surface area contributed by atoms with E-state index < -0.39 is 0 Å². The van der Waals surface area contributed by atoms with Gasteiger partial charge in [0.05, 0.1) is 11.6 Å². The third kappa shape index (κ3) is 3.98. The molecule has 0 aliphatic carbocycles. The minimum atomic E-state index is -0.246. The molecular weight excluding hydrogens is 337 g/mol. The molecule has 0 amide bonds. The summed E-state index contributed by atoms with van der Waals surface area (Å²) in [6.45, 7) is 2.72. The highest BCUT2D eigenvalue weighted by molar-refractivity contribution is 9.10. The second-order valence-corrected chi connectivity index (χ2v) is 5.36. The predicted octanol–water partition coefficient (Wildman–Crippen LogP) is 3.28. The van der Waals surface area contributed by atoms with E-state index in [2.05, 4.69) is 31.2 Å². The Morgan fingerprint density at radius 3 is 2.90 bits per heavy atom. The summed E-state index contributed by atoms with van der Waals surface area (Å²) in [6.07, 6.45) is 2.01. The highest BCUT2D eigenvalue weighted by atomic mass is 79.9. The molecule has 1 aromatic heterocycles. The van der Waals surface area contributed by atoms with Crippen molar-refractivity contribution in [2.75, 3.05) is 13.7 Å². The van der Waals surface area contributed by atoms with Gasteiger partial charge >= 0.3 is 0 Å². The summed E-state index contributed by atoms with van der Waals surface area (Å²) in [4.78, 5) is 8.20. The number of nitrogens with zero attached hydrogens (tertiary/aromatic N) is 2. The first kappa shape index (κ1) is 15.9. The van der Waals surface area contributed by atoms with E-state index in [0.29, 0.717) is 22.3 Å². The normalized spacial score (nSPS) is 12.2. The number of aromatic nitrogens is 2. The van der Waals surface area contributed by atoms with Gasteiger partial charge in [0.2, 0.25) is 5.88 Å². The number of nitrogens with one attached hydrogen (secondary N) is 1. The first-order chi connectivity index (χ1) is 10.2. The molecule has 0 bridgehead atoms. The lowest BCUT2D eigenvalue weighted by molar-refractivity contribution is 0.395. The van der Waals surface area contributed by atoms with Crippen LogP contribution >= 0.6 is 15.9 Å². The number of hydrogen-bond acceptors (Lipinski definition) is 4. The monoisotopic (exact) mass is 353 g/mol. The molecule has 21 heavy (non-hydrogen) atoms. The Morgan fingerprint density at radius 1 is 1.38 bits per heavy atom. The van der Waals surface area contributed by atoms with Crippen molar-refractivity contribution >= 4 is 15.9 Å². The van der Waals surface area contributed by atoms with Crippen LogP contribution in [0.25, 0.3) is 0 Å². The molecule has 0 saturated carbocycles. The molecule has 1 aromatic carbocycles. The molecule has 1 N–H and O–H groups in total. The average Bonchev–Trinajstić information content (AvgIpc) is 2.50. The SMILES string of the molecule is CCNC(Cc1cc(OC)ncn1)c1cccc(Br)c1F. The van der Waals surface area contributed by atoms with Gasteiger partial charge in [0.1, 0.15) is 12.1 Å². The van der Waals surface area contributed by atoms with Crippen LogP contribution in [0.4, 0.5) is 4.39 Å². The van der Waals surface area contributed by atoms with Crippen LogP contribution in [-0.2, 0) is 6.42 Å². The average molecular weight is 354 g/mol. The minimum absolute atomic E-state index is 0.160. The molecule has 2 aromatic rings. The smallest absolute Gasteiger partial charge is 0.216 e. The highest BCUT2D eigenvalue weighted by Gasteiger charge is 2.18. The van der Waals surface area contributed by atoms with Crippen molar-refractivity contribution in [3.05, 3.63) is 52.1 Å². The predicted molar refractivity (Wildman–Crippen MR) is 82.8 cm³/mol. The van der Waals surface area contributed by atoms with Gasteiger partial charge in [-0.25, -0.2) is 14.4 Å². The second kappa shape index (κ2) is 7.47. The maximum atomic E-state index is 14.3. The zero-order valence-electron chi connectivity index (χ0n) is 11.9. The van der Waals surface area contributed by atoms with E-state index in [9.17, 15) is 4.39 Å². The number of hydrogen-bond donors (Lipinski definition) is 1. The quantitative estimate of drug-likeness (QED) is 0.865. The number of halogens is 2. The Kier molecular flexibility index (Phi) is 5.64. The second-order valence-electron chi connectivity index (χ2n) is 4.51. The minimum Gasteiger partial charge on any atom is -0.481 e. The number of ether oxygens (including phenoxy) is 1. The van der Waals surface area contributed by atoms with Gasteiger partial charge in [0.25, 0.3) is 0 Å². The summed E-state index contributed by atoms with van der Waals surface area (Å²) in [5.74, 6) is 0.259. The maximum Gasteiger partial charge on any atom is 0.216 e. The molecule has 6 heteroatoms. The lowest BCUT2D eigenvalue weighted by atomic mass is 10.0. The van der Waals surface area contributed by atoms with Crippen molar-refractivity contribution in [1.82, 2.24) is 15.3 Å². The number of likely N-dealkylation sites (N-methyl/N-ethyl adjacent to an activating group) is 1. The maximum absolute atomic E-state index is 14.3. The fraction of sp³-hybridized carbons (Fsp3) is 0.333. The van der Waals surface area contributed by atoms with Crippen molar-refractivity contribution < 1.29 is 9.13 Å².